The normalized spacial score (nSPS) is 14.5. The van der Waals surface area contributed by atoms with Crippen molar-refractivity contribution >= 4 is 31.2 Å². The van der Waals surface area contributed by atoms with Crippen molar-refractivity contribution in [2.24, 2.45) is 0 Å². The second kappa shape index (κ2) is 13.2. The summed E-state index contributed by atoms with van der Waals surface area (Å²) < 4.78 is 51.2. The molecule has 0 saturated carbocycles. The first kappa shape index (κ1) is 29.8. The van der Waals surface area contributed by atoms with E-state index in [0.717, 1.165) is 25.7 Å². The number of hydrogen-bond acceptors (Lipinski definition) is 8. The minimum absolute atomic E-state index is 0.0770. The van der Waals surface area contributed by atoms with Gasteiger partial charge in [-0.25, -0.2) is 26.8 Å². The lowest BCUT2D eigenvalue weighted by Gasteiger charge is -2.19. The lowest BCUT2D eigenvalue weighted by Crippen LogP contribution is -2.27. The molecule has 198 valence electrons. The number of carbonyl (C=O) groups excluding carboxylic acids is 2. The number of allylic oxidation sites excluding steroid dienone is 5. The number of aromatic nitrogens is 2. The Morgan fingerprint density at radius 3 is 1.69 bits per heavy atom. The van der Waals surface area contributed by atoms with E-state index in [9.17, 15) is 26.4 Å². The maximum absolute atomic E-state index is 13.2. The monoisotopic (exact) mass is 536 g/mol. The predicted molar refractivity (Wildman–Crippen MR) is 141 cm³/mol. The van der Waals surface area contributed by atoms with Crippen molar-refractivity contribution in [2.75, 3.05) is 11.5 Å². The van der Waals surface area contributed by atoms with Gasteiger partial charge in [-0.05, 0) is 26.2 Å². The molecule has 0 bridgehead atoms. The van der Waals surface area contributed by atoms with E-state index in [1.54, 1.807) is 12.2 Å². The topological polar surface area (TPSA) is 128 Å². The molecule has 0 aromatic carbocycles. The summed E-state index contributed by atoms with van der Waals surface area (Å²) >= 11 is 0. The summed E-state index contributed by atoms with van der Waals surface area (Å²) in [7, 11) is -7.26. The van der Waals surface area contributed by atoms with Gasteiger partial charge in [-0.15, -0.1) is 6.58 Å². The highest BCUT2D eigenvalue weighted by molar-refractivity contribution is 7.91. The van der Waals surface area contributed by atoms with Crippen molar-refractivity contribution in [1.29, 1.82) is 0 Å². The zero-order valence-electron chi connectivity index (χ0n) is 21.4. The molecule has 0 radical (unpaired) electrons. The molecule has 2 rings (SSSR count). The van der Waals surface area contributed by atoms with Crippen LogP contribution in [0.15, 0.2) is 36.0 Å². The van der Waals surface area contributed by atoms with E-state index in [1.807, 2.05) is 13.8 Å². The summed E-state index contributed by atoms with van der Waals surface area (Å²) in [4.78, 5) is 34.8. The third-order valence-electron chi connectivity index (χ3n) is 5.89. The van der Waals surface area contributed by atoms with Crippen LogP contribution in [0, 0.1) is 0 Å². The molecule has 0 amide bonds. The summed E-state index contributed by atoms with van der Waals surface area (Å²) in [6.07, 6.45) is 9.47. The van der Waals surface area contributed by atoms with E-state index in [0.29, 0.717) is 19.3 Å². The molecule has 0 spiro atoms. The first-order valence-electron chi connectivity index (χ1n) is 12.3. The molecular weight excluding hydrogens is 500 g/mol. The number of nitrogens with zero attached hydrogens (tertiary/aromatic N) is 2. The van der Waals surface area contributed by atoms with E-state index >= 15 is 0 Å². The van der Waals surface area contributed by atoms with Gasteiger partial charge in [0.15, 0.2) is 19.7 Å². The molecule has 0 saturated heterocycles. The number of rotatable bonds is 15. The molecular formula is C26H36N2O6S2. The van der Waals surface area contributed by atoms with Crippen LogP contribution in [0.3, 0.4) is 0 Å². The third-order valence-corrected chi connectivity index (χ3v) is 9.14. The van der Waals surface area contributed by atoms with Gasteiger partial charge in [-0.1, -0.05) is 57.8 Å². The van der Waals surface area contributed by atoms with Crippen molar-refractivity contribution < 1.29 is 26.4 Å². The Morgan fingerprint density at radius 2 is 1.25 bits per heavy atom. The molecule has 10 heteroatoms. The molecule has 36 heavy (non-hydrogen) atoms. The molecule has 1 aliphatic rings. The van der Waals surface area contributed by atoms with E-state index < -0.39 is 42.7 Å². The first-order chi connectivity index (χ1) is 17.0. The molecule has 0 atom stereocenters. The van der Waals surface area contributed by atoms with Gasteiger partial charge in [0.05, 0.1) is 34.4 Å². The summed E-state index contributed by atoms with van der Waals surface area (Å²) in [5.41, 5.74) is -0.304. The Bertz CT molecular complexity index is 1280. The molecule has 1 aliphatic carbocycles. The Labute approximate surface area is 214 Å². The number of unbranched alkanes of at least 4 members (excludes halogenated alkanes) is 4. The Hall–Kier alpha value is -2.46. The zero-order chi connectivity index (χ0) is 26.9. The van der Waals surface area contributed by atoms with Gasteiger partial charge >= 0.3 is 0 Å². The average molecular weight is 537 g/mol. The second-order valence-electron chi connectivity index (χ2n) is 9.04. The fraction of sp³-hybridized carbons (Fsp3) is 0.538. The maximum Gasteiger partial charge on any atom is 0.214 e. The molecule has 8 nitrogen and oxygen atoms in total. The first-order valence-corrected chi connectivity index (χ1v) is 16.0. The lowest BCUT2D eigenvalue weighted by molar-refractivity contribution is 0.0969. The molecule has 1 aromatic heterocycles. The highest BCUT2D eigenvalue weighted by atomic mass is 32.2. The van der Waals surface area contributed by atoms with E-state index in [4.69, 9.17) is 0 Å². The van der Waals surface area contributed by atoms with Gasteiger partial charge in [-0.2, -0.15) is 0 Å². The number of hydrogen-bond donors (Lipinski definition) is 0. The summed E-state index contributed by atoms with van der Waals surface area (Å²) in [6, 6.07) is 0. The van der Waals surface area contributed by atoms with Gasteiger partial charge in [-0.3, -0.25) is 9.59 Å². The molecule has 0 N–H and O–H groups in total. The number of carbonyl (C=O) groups is 2. The lowest BCUT2D eigenvalue weighted by atomic mass is 9.90. The van der Waals surface area contributed by atoms with E-state index in [-0.39, 0.29) is 45.4 Å². The van der Waals surface area contributed by atoms with Gasteiger partial charge in [0, 0.05) is 11.1 Å². The van der Waals surface area contributed by atoms with Crippen molar-refractivity contribution in [3.05, 3.63) is 58.7 Å². The average Bonchev–Trinajstić information content (AvgIpc) is 2.80. The van der Waals surface area contributed by atoms with Crippen LogP contribution in [0.5, 0.6) is 0 Å². The molecule has 0 unspecified atom stereocenters. The maximum atomic E-state index is 13.2. The standard InChI is InChI=1S/C26H36N2O6S2/c1-5-8-11-14-20-19(4)25(29)23-24(26(20)30)28-22(18-36(33,34)16-13-10-7-3)21(27-23)17-35(31,32)15-12-9-6-2/h5,11,14H,1,6-10,12-13,15-18H2,2-4H3/b14-11-. The van der Waals surface area contributed by atoms with Crippen LogP contribution >= 0.6 is 0 Å². The summed E-state index contributed by atoms with van der Waals surface area (Å²) in [5.74, 6) is -2.31. The largest absolute Gasteiger partial charge is 0.287 e. The van der Waals surface area contributed by atoms with Gasteiger partial charge < -0.3 is 0 Å². The Kier molecular flexibility index (Phi) is 10.9. The fourth-order valence-corrected chi connectivity index (χ4v) is 6.71. The van der Waals surface area contributed by atoms with Gasteiger partial charge in [0.1, 0.15) is 11.4 Å². The molecule has 0 fully saturated rings. The van der Waals surface area contributed by atoms with Crippen molar-refractivity contribution in [2.45, 2.75) is 77.2 Å². The van der Waals surface area contributed by atoms with Crippen molar-refractivity contribution in [3.63, 3.8) is 0 Å². The summed E-state index contributed by atoms with van der Waals surface area (Å²) in [6.45, 7) is 9.05. The smallest absolute Gasteiger partial charge is 0.214 e. The van der Waals surface area contributed by atoms with Gasteiger partial charge in [0.2, 0.25) is 11.6 Å². The third kappa shape index (κ3) is 8.03. The number of sulfone groups is 2. The SMILES string of the molecule is C=CC/C=C\C1=C(C)C(=O)c2nc(CS(=O)(=O)CCCCC)c(CS(=O)(=O)CCCCC)nc2C1=O. The van der Waals surface area contributed by atoms with Crippen LogP contribution in [-0.2, 0) is 31.2 Å². The second-order valence-corrected chi connectivity index (χ2v) is 13.4. The van der Waals surface area contributed by atoms with Crippen LogP contribution in [0.4, 0.5) is 0 Å². The fourth-order valence-electron chi connectivity index (χ4n) is 3.84. The molecule has 1 aromatic rings. The number of ketones is 2. The van der Waals surface area contributed by atoms with Crippen molar-refractivity contribution in [3.8, 4) is 0 Å². The van der Waals surface area contributed by atoms with E-state index in [1.165, 1.54) is 13.0 Å². The van der Waals surface area contributed by atoms with Crippen LogP contribution in [-0.4, -0.2) is 49.9 Å². The van der Waals surface area contributed by atoms with Crippen LogP contribution < -0.4 is 0 Å². The molecule has 0 aliphatic heterocycles. The van der Waals surface area contributed by atoms with Crippen LogP contribution in [0.2, 0.25) is 0 Å². The van der Waals surface area contributed by atoms with Crippen LogP contribution in [0.1, 0.15) is 98.1 Å². The van der Waals surface area contributed by atoms with Crippen molar-refractivity contribution in [1.82, 2.24) is 9.97 Å². The number of fused-ring (bicyclic) bond motifs is 1. The highest BCUT2D eigenvalue weighted by Crippen LogP contribution is 2.27. The summed E-state index contributed by atoms with van der Waals surface area (Å²) in [5, 5.41) is 0. The molecule has 1 heterocycles. The minimum atomic E-state index is -3.64. The van der Waals surface area contributed by atoms with E-state index in [2.05, 4.69) is 16.5 Å². The minimum Gasteiger partial charge on any atom is -0.287 e. The predicted octanol–water partition coefficient (Wildman–Crippen LogP) is 4.51. The zero-order valence-corrected chi connectivity index (χ0v) is 23.0. The Balaban J connectivity index is 2.57. The number of Topliss-reactive ketones (excluding diaryl/α,β-unsaturated/α-hetero) is 2. The quantitative estimate of drug-likeness (QED) is 0.236. The Morgan fingerprint density at radius 1 is 0.778 bits per heavy atom. The van der Waals surface area contributed by atoms with Crippen LogP contribution in [0.25, 0.3) is 0 Å². The van der Waals surface area contributed by atoms with Gasteiger partial charge in [0.25, 0.3) is 0 Å². The highest BCUT2D eigenvalue weighted by Gasteiger charge is 2.34.